The summed E-state index contributed by atoms with van der Waals surface area (Å²) < 4.78 is 22.4. The Morgan fingerprint density at radius 2 is 1.95 bits per heavy atom. The molecule has 0 radical (unpaired) electrons. The van der Waals surface area contributed by atoms with Gasteiger partial charge in [0.2, 0.25) is 0 Å². The summed E-state index contributed by atoms with van der Waals surface area (Å²) in [4.78, 5) is 0. The molecular weight excluding hydrogens is 288 g/mol. The van der Waals surface area contributed by atoms with Gasteiger partial charge >= 0.3 is 0 Å². The van der Waals surface area contributed by atoms with Gasteiger partial charge in [-0.2, -0.15) is 0 Å². The number of hydrogen-bond donors (Lipinski definition) is 2. The summed E-state index contributed by atoms with van der Waals surface area (Å²) >= 11 is 0. The number of fused-ring (bicyclic) bond motifs is 1. The predicted octanol–water partition coefficient (Wildman–Crippen LogP) is 0.750. The van der Waals surface area contributed by atoms with Crippen molar-refractivity contribution in [3.63, 3.8) is 0 Å². The zero-order valence-corrected chi connectivity index (χ0v) is 12.1. The third-order valence-corrected chi connectivity index (χ3v) is 3.78. The third kappa shape index (κ3) is 3.08. The van der Waals surface area contributed by atoms with Crippen LogP contribution in [-0.2, 0) is 18.9 Å². The van der Waals surface area contributed by atoms with Gasteiger partial charge < -0.3 is 29.2 Å². The van der Waals surface area contributed by atoms with Crippen LogP contribution in [0.4, 0.5) is 0 Å². The topological polar surface area (TPSA) is 77.4 Å². The van der Waals surface area contributed by atoms with Crippen LogP contribution in [0, 0.1) is 0 Å². The van der Waals surface area contributed by atoms with Gasteiger partial charge in [0.25, 0.3) is 0 Å². The Hall–Kier alpha value is -1.28. The highest BCUT2D eigenvalue weighted by Gasteiger charge is 2.49. The lowest BCUT2D eigenvalue weighted by Crippen LogP contribution is -2.62. The lowest BCUT2D eigenvalue weighted by molar-refractivity contribution is -0.360. The molecule has 0 aliphatic carbocycles. The summed E-state index contributed by atoms with van der Waals surface area (Å²) in [5.74, 6) is 0. The van der Waals surface area contributed by atoms with Gasteiger partial charge in [-0.15, -0.1) is 6.58 Å². The van der Waals surface area contributed by atoms with Gasteiger partial charge in [0, 0.05) is 5.56 Å². The van der Waals surface area contributed by atoms with Crippen LogP contribution < -0.4 is 0 Å². The van der Waals surface area contributed by atoms with Crippen LogP contribution in [0.1, 0.15) is 11.9 Å². The molecule has 2 heterocycles. The average molecular weight is 308 g/mol. The van der Waals surface area contributed by atoms with Crippen LogP contribution in [0.25, 0.3) is 0 Å². The van der Waals surface area contributed by atoms with Crippen molar-refractivity contribution in [3.05, 3.63) is 48.6 Å². The van der Waals surface area contributed by atoms with E-state index < -0.39 is 37.0 Å². The highest BCUT2D eigenvalue weighted by atomic mass is 16.8. The molecule has 1 aromatic rings. The lowest BCUT2D eigenvalue weighted by Gasteiger charge is -2.46. The molecule has 2 saturated heterocycles. The van der Waals surface area contributed by atoms with E-state index in [0.29, 0.717) is 0 Å². The first-order valence-corrected chi connectivity index (χ1v) is 7.27. The van der Waals surface area contributed by atoms with Gasteiger partial charge in [-0.3, -0.25) is 0 Å². The van der Waals surface area contributed by atoms with Crippen molar-refractivity contribution in [2.45, 2.75) is 37.0 Å². The van der Waals surface area contributed by atoms with E-state index in [1.807, 2.05) is 30.3 Å². The fourth-order valence-electron chi connectivity index (χ4n) is 2.66. The Morgan fingerprint density at radius 1 is 1.18 bits per heavy atom. The van der Waals surface area contributed by atoms with Crippen LogP contribution in [0.15, 0.2) is 43.0 Å². The van der Waals surface area contributed by atoms with Crippen molar-refractivity contribution in [1.82, 2.24) is 0 Å². The predicted molar refractivity (Wildman–Crippen MR) is 76.8 cm³/mol. The molecule has 6 nitrogen and oxygen atoms in total. The summed E-state index contributed by atoms with van der Waals surface area (Å²) in [7, 11) is 0. The number of rotatable bonds is 4. The zero-order valence-electron chi connectivity index (χ0n) is 12.1. The summed E-state index contributed by atoms with van der Waals surface area (Å²) in [6.07, 6.45) is -3.41. The van der Waals surface area contributed by atoms with E-state index in [9.17, 15) is 10.2 Å². The van der Waals surface area contributed by atoms with Crippen LogP contribution >= 0.6 is 0 Å². The summed E-state index contributed by atoms with van der Waals surface area (Å²) in [5.41, 5.74) is 0.854. The number of hydrogen-bond acceptors (Lipinski definition) is 6. The minimum atomic E-state index is -1.18. The largest absolute Gasteiger partial charge is 0.387 e. The quantitative estimate of drug-likeness (QED) is 0.799. The van der Waals surface area contributed by atoms with Crippen molar-refractivity contribution >= 4 is 0 Å². The first kappa shape index (κ1) is 15.6. The molecule has 120 valence electrons. The molecule has 0 spiro atoms. The van der Waals surface area contributed by atoms with E-state index in [0.717, 1.165) is 5.56 Å². The van der Waals surface area contributed by atoms with E-state index in [1.165, 1.54) is 0 Å². The van der Waals surface area contributed by atoms with Gasteiger partial charge in [-0.25, -0.2) is 0 Å². The van der Waals surface area contributed by atoms with E-state index >= 15 is 0 Å². The van der Waals surface area contributed by atoms with Crippen LogP contribution in [0.5, 0.6) is 0 Å². The molecule has 6 heteroatoms. The van der Waals surface area contributed by atoms with Crippen molar-refractivity contribution in [2.24, 2.45) is 0 Å². The molecule has 0 bridgehead atoms. The second-order valence-corrected chi connectivity index (χ2v) is 5.32. The summed E-state index contributed by atoms with van der Waals surface area (Å²) in [5, 5.41) is 20.4. The molecule has 0 amide bonds. The maximum atomic E-state index is 10.3. The average Bonchev–Trinajstić information content (AvgIpc) is 2.57. The van der Waals surface area contributed by atoms with Crippen LogP contribution in [-0.4, -0.2) is 54.1 Å². The Morgan fingerprint density at radius 3 is 2.68 bits per heavy atom. The first-order valence-electron chi connectivity index (χ1n) is 7.27. The number of aliphatic hydroxyl groups is 2. The van der Waals surface area contributed by atoms with Gasteiger partial charge in [0.15, 0.2) is 12.6 Å². The van der Waals surface area contributed by atoms with Gasteiger partial charge in [-0.05, 0) is 0 Å². The van der Waals surface area contributed by atoms with Crippen molar-refractivity contribution in [3.8, 4) is 0 Å². The SMILES string of the molecule is C=CCO[C@@H]1O[C@@H]2CO[C@H](c3ccccc3)O[C@@H]2[C@@H](O)[C@@H]1O. The molecule has 0 saturated carbocycles. The zero-order chi connectivity index (χ0) is 15.5. The van der Waals surface area contributed by atoms with Gasteiger partial charge in [0.1, 0.15) is 24.4 Å². The van der Waals surface area contributed by atoms with Crippen LogP contribution in [0.3, 0.4) is 0 Å². The lowest BCUT2D eigenvalue weighted by atomic mass is 9.98. The molecule has 0 aromatic heterocycles. The Bertz CT molecular complexity index is 491. The van der Waals surface area contributed by atoms with Crippen molar-refractivity contribution < 1.29 is 29.2 Å². The highest BCUT2D eigenvalue weighted by molar-refractivity contribution is 5.16. The highest BCUT2D eigenvalue weighted by Crippen LogP contribution is 2.34. The third-order valence-electron chi connectivity index (χ3n) is 3.78. The molecule has 3 rings (SSSR count). The molecule has 22 heavy (non-hydrogen) atoms. The fraction of sp³-hybridized carbons (Fsp3) is 0.500. The maximum Gasteiger partial charge on any atom is 0.187 e. The molecule has 2 aliphatic heterocycles. The molecular formula is C16H20O6. The van der Waals surface area contributed by atoms with Gasteiger partial charge in [-0.1, -0.05) is 36.4 Å². The Balaban J connectivity index is 1.69. The fourth-order valence-corrected chi connectivity index (χ4v) is 2.66. The molecule has 2 aliphatic rings. The smallest absolute Gasteiger partial charge is 0.187 e. The molecule has 2 N–H and O–H groups in total. The van der Waals surface area contributed by atoms with E-state index in [2.05, 4.69) is 6.58 Å². The van der Waals surface area contributed by atoms with E-state index in [4.69, 9.17) is 18.9 Å². The second-order valence-electron chi connectivity index (χ2n) is 5.32. The number of aliphatic hydroxyl groups excluding tert-OH is 2. The van der Waals surface area contributed by atoms with E-state index in [-0.39, 0.29) is 13.2 Å². The monoisotopic (exact) mass is 308 g/mol. The number of benzene rings is 1. The van der Waals surface area contributed by atoms with Gasteiger partial charge in [0.05, 0.1) is 13.2 Å². The van der Waals surface area contributed by atoms with Crippen molar-refractivity contribution in [1.29, 1.82) is 0 Å². The first-order chi connectivity index (χ1) is 10.7. The minimum Gasteiger partial charge on any atom is -0.387 e. The molecule has 2 fully saturated rings. The Kier molecular flexibility index (Phi) is 4.87. The number of ether oxygens (including phenoxy) is 4. The molecule has 1 aromatic carbocycles. The molecule has 6 atom stereocenters. The van der Waals surface area contributed by atoms with Crippen LogP contribution in [0.2, 0.25) is 0 Å². The Labute approximate surface area is 128 Å². The van der Waals surface area contributed by atoms with Crippen molar-refractivity contribution in [2.75, 3.05) is 13.2 Å². The minimum absolute atomic E-state index is 0.222. The maximum absolute atomic E-state index is 10.3. The summed E-state index contributed by atoms with van der Waals surface area (Å²) in [6, 6.07) is 9.44. The molecule has 0 unspecified atom stereocenters. The van der Waals surface area contributed by atoms with E-state index in [1.54, 1.807) is 6.08 Å². The summed E-state index contributed by atoms with van der Waals surface area (Å²) in [6.45, 7) is 4.01. The second kappa shape index (κ2) is 6.87. The normalized spacial score (nSPS) is 38.3. The standard InChI is InChI=1S/C16H20O6/c1-2-8-19-16-13(18)12(17)14-11(21-16)9-20-15(22-14)10-6-4-3-5-7-10/h2-7,11-18H,1,8-9H2/t11-,12+,13+,14+,15+,16-/m1/s1.